The summed E-state index contributed by atoms with van der Waals surface area (Å²) in [6, 6.07) is 5.69. The van der Waals surface area contributed by atoms with Crippen LogP contribution >= 0.6 is 40.2 Å². The highest BCUT2D eigenvalue weighted by Crippen LogP contribution is 2.39. The third-order valence-electron chi connectivity index (χ3n) is 4.04. The quantitative estimate of drug-likeness (QED) is 0.576. The van der Waals surface area contributed by atoms with Crippen LogP contribution in [0.1, 0.15) is 33.3 Å². The van der Waals surface area contributed by atoms with Gasteiger partial charge in [-0.25, -0.2) is 0 Å². The van der Waals surface area contributed by atoms with Crippen LogP contribution in [0.25, 0.3) is 6.08 Å². The molecule has 0 saturated carbocycles. The smallest absolute Gasteiger partial charge is 0.400 e. The first kappa shape index (κ1) is 17.4. The van der Waals surface area contributed by atoms with Gasteiger partial charge in [0.1, 0.15) is 0 Å². The maximum absolute atomic E-state index is 6.07. The monoisotopic (exact) mass is 388 g/mol. The molecule has 1 fully saturated rings. The highest BCUT2D eigenvalue weighted by Gasteiger charge is 2.52. The summed E-state index contributed by atoms with van der Waals surface area (Å²) in [7, 11) is -0.380. The van der Waals surface area contributed by atoms with E-state index in [1.165, 1.54) is 0 Å². The van der Waals surface area contributed by atoms with Crippen LogP contribution in [-0.2, 0) is 9.31 Å². The van der Waals surface area contributed by atoms with Gasteiger partial charge >= 0.3 is 7.12 Å². The van der Waals surface area contributed by atoms with Gasteiger partial charge in [0.2, 0.25) is 0 Å². The van der Waals surface area contributed by atoms with Crippen LogP contribution in [-0.4, -0.2) is 24.1 Å². The van der Waals surface area contributed by atoms with Crippen LogP contribution in [0.3, 0.4) is 0 Å². The van der Waals surface area contributed by atoms with Gasteiger partial charge in [-0.3, -0.25) is 0 Å². The van der Waals surface area contributed by atoms with Crippen LogP contribution in [0.4, 0.5) is 0 Å². The largest absolute Gasteiger partial charge is 0.491 e. The molecule has 0 amide bonds. The third-order valence-corrected chi connectivity index (χ3v) is 5.33. The molecule has 0 bridgehead atoms. The second-order valence-corrected chi connectivity index (χ2v) is 7.74. The van der Waals surface area contributed by atoms with E-state index in [1.807, 2.05) is 52.0 Å². The Hall–Kier alpha value is 0.0649. The van der Waals surface area contributed by atoms with E-state index >= 15 is 0 Å². The number of benzene rings is 1. The zero-order chi connectivity index (χ0) is 15.8. The average molecular weight is 390 g/mol. The molecule has 0 N–H and O–H groups in total. The molecular formula is C15H19BBrClO2S. The first-order valence-electron chi connectivity index (χ1n) is 6.78. The Balaban J connectivity index is 2.31. The normalized spacial score (nSPS) is 20.9. The van der Waals surface area contributed by atoms with Crippen molar-refractivity contribution in [3.8, 4) is 0 Å². The molecule has 1 saturated heterocycles. The van der Waals surface area contributed by atoms with E-state index in [9.17, 15) is 0 Å². The molecule has 114 valence electrons. The lowest BCUT2D eigenvalue weighted by Crippen LogP contribution is -2.41. The van der Waals surface area contributed by atoms with E-state index < -0.39 is 0 Å². The fraction of sp³-hybridized carbons (Fsp3) is 0.467. The number of rotatable bonds is 3. The SMILES string of the molecule is CC1(C)OB(C(=Cc2ccc(Cl)cc2Br)CS)OC1(C)C. The molecule has 21 heavy (non-hydrogen) atoms. The fourth-order valence-electron chi connectivity index (χ4n) is 2.00. The summed E-state index contributed by atoms with van der Waals surface area (Å²) in [6.07, 6.45) is 2.04. The molecule has 0 atom stereocenters. The zero-order valence-corrected chi connectivity index (χ0v) is 15.8. The molecule has 1 heterocycles. The van der Waals surface area contributed by atoms with Crippen LogP contribution in [0.5, 0.6) is 0 Å². The number of halogens is 2. The maximum atomic E-state index is 6.07. The van der Waals surface area contributed by atoms with Gasteiger partial charge in [-0.05, 0) is 50.9 Å². The summed E-state index contributed by atoms with van der Waals surface area (Å²) in [4.78, 5) is 0. The highest BCUT2D eigenvalue weighted by atomic mass is 79.9. The van der Waals surface area contributed by atoms with Gasteiger partial charge in [-0.15, -0.1) is 0 Å². The lowest BCUT2D eigenvalue weighted by atomic mass is 9.78. The summed E-state index contributed by atoms with van der Waals surface area (Å²) in [6.45, 7) is 8.17. The average Bonchev–Trinajstić information content (AvgIpc) is 2.57. The lowest BCUT2D eigenvalue weighted by molar-refractivity contribution is 0.00578. The van der Waals surface area contributed by atoms with Crippen molar-refractivity contribution in [1.82, 2.24) is 0 Å². The fourth-order valence-corrected chi connectivity index (χ4v) is 3.04. The van der Waals surface area contributed by atoms with Crippen molar-refractivity contribution in [3.63, 3.8) is 0 Å². The molecule has 0 aliphatic carbocycles. The van der Waals surface area contributed by atoms with Crippen molar-refractivity contribution in [2.24, 2.45) is 0 Å². The Morgan fingerprint density at radius 3 is 2.33 bits per heavy atom. The van der Waals surface area contributed by atoms with Crippen LogP contribution in [0, 0.1) is 0 Å². The summed E-state index contributed by atoms with van der Waals surface area (Å²) < 4.78 is 13.1. The van der Waals surface area contributed by atoms with Crippen LogP contribution < -0.4 is 0 Å². The van der Waals surface area contributed by atoms with Gasteiger partial charge in [-0.1, -0.05) is 39.7 Å². The van der Waals surface area contributed by atoms with Gasteiger partial charge in [0.05, 0.1) is 11.2 Å². The minimum absolute atomic E-state index is 0.350. The molecule has 6 heteroatoms. The number of thiol groups is 1. The minimum atomic E-state index is -0.380. The molecule has 1 aliphatic rings. The van der Waals surface area contributed by atoms with Crippen molar-refractivity contribution >= 4 is 53.4 Å². The van der Waals surface area contributed by atoms with E-state index in [0.717, 1.165) is 15.5 Å². The van der Waals surface area contributed by atoms with Gasteiger partial charge in [0.15, 0.2) is 0 Å². The number of hydrogen-bond donors (Lipinski definition) is 1. The second kappa shape index (κ2) is 6.28. The standard InChI is InChI=1S/C15H19BBrClO2S/c1-14(2)15(3,4)20-16(19-14)11(9-21)7-10-5-6-12(18)8-13(10)17/h5-8,21H,9H2,1-4H3. The molecule has 0 unspecified atom stereocenters. The molecule has 1 aliphatic heterocycles. The van der Waals surface area contributed by atoms with Gasteiger partial charge in [0.25, 0.3) is 0 Å². The van der Waals surface area contributed by atoms with E-state index in [0.29, 0.717) is 10.8 Å². The Morgan fingerprint density at radius 2 is 1.86 bits per heavy atom. The second-order valence-electron chi connectivity index (χ2n) is 6.13. The lowest BCUT2D eigenvalue weighted by Gasteiger charge is -2.32. The van der Waals surface area contributed by atoms with Crippen molar-refractivity contribution in [2.75, 3.05) is 5.75 Å². The van der Waals surface area contributed by atoms with E-state index in [2.05, 4.69) is 28.6 Å². The minimum Gasteiger partial charge on any atom is -0.400 e. The maximum Gasteiger partial charge on any atom is 0.491 e. The van der Waals surface area contributed by atoms with Gasteiger partial charge < -0.3 is 9.31 Å². The molecule has 0 radical (unpaired) electrons. The Kier molecular flexibility index (Phi) is 5.21. The molecule has 0 aromatic heterocycles. The van der Waals surface area contributed by atoms with Crippen LogP contribution in [0.2, 0.25) is 5.02 Å². The van der Waals surface area contributed by atoms with E-state index in [-0.39, 0.29) is 18.3 Å². The predicted molar refractivity (Wildman–Crippen MR) is 97.1 cm³/mol. The molecular weight excluding hydrogens is 370 g/mol. The molecule has 1 aromatic carbocycles. The Labute approximate surface area is 145 Å². The van der Waals surface area contributed by atoms with Crippen LogP contribution in [0.15, 0.2) is 28.1 Å². The highest BCUT2D eigenvalue weighted by molar-refractivity contribution is 9.10. The Bertz CT molecular complexity index is 559. The molecule has 0 spiro atoms. The molecule has 2 rings (SSSR count). The molecule has 2 nitrogen and oxygen atoms in total. The van der Waals surface area contributed by atoms with Gasteiger partial charge in [-0.2, -0.15) is 12.6 Å². The van der Waals surface area contributed by atoms with Crippen molar-refractivity contribution < 1.29 is 9.31 Å². The number of hydrogen-bond acceptors (Lipinski definition) is 3. The summed E-state index contributed by atoms with van der Waals surface area (Å²) in [5, 5.41) is 0.696. The summed E-state index contributed by atoms with van der Waals surface area (Å²) in [5.74, 6) is 0.561. The Morgan fingerprint density at radius 1 is 1.29 bits per heavy atom. The molecule has 1 aromatic rings. The first-order valence-corrected chi connectivity index (χ1v) is 8.58. The predicted octanol–water partition coefficient (Wildman–Crippen LogP) is 5.05. The summed E-state index contributed by atoms with van der Waals surface area (Å²) >= 11 is 13.9. The van der Waals surface area contributed by atoms with Crippen molar-refractivity contribution in [1.29, 1.82) is 0 Å². The third kappa shape index (κ3) is 3.70. The first-order chi connectivity index (χ1) is 9.66. The van der Waals surface area contributed by atoms with Crippen molar-refractivity contribution in [2.45, 2.75) is 38.9 Å². The topological polar surface area (TPSA) is 18.5 Å². The van der Waals surface area contributed by atoms with E-state index in [4.69, 9.17) is 20.9 Å². The zero-order valence-electron chi connectivity index (χ0n) is 12.6. The van der Waals surface area contributed by atoms with Crippen molar-refractivity contribution in [3.05, 3.63) is 38.7 Å². The van der Waals surface area contributed by atoms with E-state index in [1.54, 1.807) is 0 Å². The summed E-state index contributed by atoms with van der Waals surface area (Å²) in [5.41, 5.74) is 1.31. The van der Waals surface area contributed by atoms with Gasteiger partial charge in [0, 0.05) is 15.2 Å².